The van der Waals surface area contributed by atoms with Crippen LogP contribution in [0.25, 0.3) is 12.2 Å². The molecule has 0 amide bonds. The maximum Gasteiger partial charge on any atom is 0.446 e. The summed E-state index contributed by atoms with van der Waals surface area (Å²) in [5.74, 6) is -2.45. The van der Waals surface area contributed by atoms with E-state index in [-0.39, 0.29) is 17.1 Å². The van der Waals surface area contributed by atoms with Gasteiger partial charge in [0.05, 0.1) is 0 Å². The summed E-state index contributed by atoms with van der Waals surface area (Å²) in [7, 11) is -4.95. The largest absolute Gasteiger partial charge is 0.507 e. The van der Waals surface area contributed by atoms with Crippen molar-refractivity contribution in [1.29, 1.82) is 0 Å². The molecule has 8 nitrogen and oxygen atoms in total. The van der Waals surface area contributed by atoms with Gasteiger partial charge in [-0.05, 0) is 50.1 Å². The lowest BCUT2D eigenvalue weighted by Gasteiger charge is -2.09. The zero-order valence-electron chi connectivity index (χ0n) is 15.1. The van der Waals surface area contributed by atoms with E-state index in [0.29, 0.717) is 17.5 Å². The molecule has 0 saturated carbocycles. The minimum absolute atomic E-state index is 0.0593. The summed E-state index contributed by atoms with van der Waals surface area (Å²) in [6, 6.07) is 5.17. The molecule has 0 unspecified atom stereocenters. The Hall–Kier alpha value is -3.17. The van der Waals surface area contributed by atoms with Gasteiger partial charge in [-0.3, -0.25) is 4.55 Å². The summed E-state index contributed by atoms with van der Waals surface area (Å²) >= 11 is 0. The summed E-state index contributed by atoms with van der Waals surface area (Å²) in [5, 5.41) is 39.9. The first-order valence-corrected chi connectivity index (χ1v) is 9.42. The van der Waals surface area contributed by atoms with Crippen LogP contribution in [0.4, 0.5) is 0 Å². The van der Waals surface area contributed by atoms with E-state index in [9.17, 15) is 28.8 Å². The van der Waals surface area contributed by atoms with Gasteiger partial charge in [0.2, 0.25) is 5.75 Å². The molecule has 28 heavy (non-hydrogen) atoms. The summed E-state index contributed by atoms with van der Waals surface area (Å²) in [6.45, 7) is 3.80. The van der Waals surface area contributed by atoms with E-state index in [2.05, 4.69) is 4.18 Å². The molecule has 0 fully saturated rings. The molecule has 0 aliphatic carbocycles. The average molecular weight is 408 g/mol. The molecular weight excluding hydrogens is 388 g/mol. The van der Waals surface area contributed by atoms with E-state index >= 15 is 0 Å². The van der Waals surface area contributed by atoms with Gasteiger partial charge in [-0.15, -0.1) is 0 Å². The first-order chi connectivity index (χ1) is 13.0. The van der Waals surface area contributed by atoms with Crippen molar-refractivity contribution in [3.8, 4) is 28.7 Å². The predicted octanol–water partition coefficient (Wildman–Crippen LogP) is 3.37. The summed E-state index contributed by atoms with van der Waals surface area (Å²) in [5.41, 5.74) is 1.87. The third-order valence-corrected chi connectivity index (χ3v) is 4.10. The standard InChI is InChI=1S/C19H20O8S/c1-11(2)3-7-14-16(21)9-12(10-17(14)22)4-5-13-6-8-15(20)19(18(13)23)27-28(24,25)26/h3-6,8-10,20-23H,7H2,1-2H3,(H,24,25,26)/b5-4+. The van der Waals surface area contributed by atoms with Gasteiger partial charge in [0.25, 0.3) is 0 Å². The Kier molecular flexibility index (Phi) is 6.22. The molecule has 5 N–H and O–H groups in total. The smallest absolute Gasteiger partial charge is 0.446 e. The van der Waals surface area contributed by atoms with E-state index in [1.54, 1.807) is 0 Å². The average Bonchev–Trinajstić information content (AvgIpc) is 2.56. The Bertz CT molecular complexity index is 1020. The van der Waals surface area contributed by atoms with Gasteiger partial charge in [-0.25, -0.2) is 0 Å². The molecule has 0 heterocycles. The predicted molar refractivity (Wildman–Crippen MR) is 104 cm³/mol. The number of phenols is 4. The minimum atomic E-state index is -4.95. The lowest BCUT2D eigenvalue weighted by Crippen LogP contribution is -2.07. The maximum absolute atomic E-state index is 10.8. The molecule has 0 radical (unpaired) electrons. The molecule has 0 saturated heterocycles. The Morgan fingerprint density at radius 1 is 1.00 bits per heavy atom. The van der Waals surface area contributed by atoms with E-state index in [0.717, 1.165) is 11.6 Å². The van der Waals surface area contributed by atoms with Crippen LogP contribution in [0.3, 0.4) is 0 Å². The third-order valence-electron chi connectivity index (χ3n) is 3.73. The normalized spacial score (nSPS) is 11.5. The van der Waals surface area contributed by atoms with Crippen LogP contribution in [0, 0.1) is 0 Å². The van der Waals surface area contributed by atoms with Gasteiger partial charge < -0.3 is 24.6 Å². The Morgan fingerprint density at radius 2 is 1.61 bits per heavy atom. The lowest BCUT2D eigenvalue weighted by atomic mass is 10.0. The maximum atomic E-state index is 10.8. The van der Waals surface area contributed by atoms with Crippen molar-refractivity contribution >= 4 is 22.6 Å². The summed E-state index contributed by atoms with van der Waals surface area (Å²) in [4.78, 5) is 0. The van der Waals surface area contributed by atoms with Crippen LogP contribution in [0.1, 0.15) is 30.5 Å². The number of benzene rings is 2. The van der Waals surface area contributed by atoms with E-state index in [1.165, 1.54) is 30.4 Å². The van der Waals surface area contributed by atoms with Crippen molar-refractivity contribution < 1.29 is 37.6 Å². The van der Waals surface area contributed by atoms with Crippen molar-refractivity contribution in [3.05, 3.63) is 52.6 Å². The molecule has 0 aliphatic rings. The number of phenolic OH excluding ortho intramolecular Hbond substituents is 4. The van der Waals surface area contributed by atoms with Crippen LogP contribution in [-0.2, 0) is 16.8 Å². The van der Waals surface area contributed by atoms with E-state index in [4.69, 9.17) is 4.55 Å². The van der Waals surface area contributed by atoms with Gasteiger partial charge in [0, 0.05) is 11.1 Å². The highest BCUT2D eigenvalue weighted by molar-refractivity contribution is 7.81. The first kappa shape index (κ1) is 21.1. The zero-order chi connectivity index (χ0) is 21.1. The van der Waals surface area contributed by atoms with Crippen molar-refractivity contribution in [2.45, 2.75) is 20.3 Å². The summed E-state index contributed by atoms with van der Waals surface area (Å²) in [6.07, 6.45) is 5.00. The fourth-order valence-electron chi connectivity index (χ4n) is 2.36. The Balaban J connectivity index is 2.36. The molecule has 150 valence electrons. The molecular formula is C19H20O8S. The monoisotopic (exact) mass is 408 g/mol. The molecule has 0 bridgehead atoms. The molecule has 2 aromatic carbocycles. The Labute approximate surface area is 162 Å². The number of rotatable bonds is 6. The quantitative estimate of drug-likeness (QED) is 0.278. The zero-order valence-corrected chi connectivity index (χ0v) is 15.9. The molecule has 9 heteroatoms. The molecule has 0 aromatic heterocycles. The SMILES string of the molecule is CC(C)=CCc1c(O)cc(/C=C/c2ccc(O)c(OS(=O)(=O)O)c2O)cc1O. The molecule has 0 atom stereocenters. The summed E-state index contributed by atoms with van der Waals surface area (Å²) < 4.78 is 34.6. The van der Waals surface area contributed by atoms with E-state index in [1.807, 2.05) is 19.9 Å². The molecule has 0 aliphatic heterocycles. The van der Waals surface area contributed by atoms with Crippen molar-refractivity contribution in [2.75, 3.05) is 0 Å². The second kappa shape index (κ2) is 8.24. The highest BCUT2D eigenvalue weighted by Crippen LogP contribution is 2.40. The van der Waals surface area contributed by atoms with Crippen LogP contribution in [-0.4, -0.2) is 33.4 Å². The highest BCUT2D eigenvalue weighted by Gasteiger charge is 2.18. The van der Waals surface area contributed by atoms with Crippen LogP contribution < -0.4 is 4.18 Å². The van der Waals surface area contributed by atoms with Crippen molar-refractivity contribution in [1.82, 2.24) is 0 Å². The fourth-order valence-corrected chi connectivity index (χ4v) is 2.73. The molecule has 2 rings (SSSR count). The minimum Gasteiger partial charge on any atom is -0.507 e. The first-order valence-electron chi connectivity index (χ1n) is 8.06. The molecule has 0 spiro atoms. The van der Waals surface area contributed by atoms with E-state index < -0.39 is 27.6 Å². The van der Waals surface area contributed by atoms with Crippen LogP contribution in [0.5, 0.6) is 28.7 Å². The van der Waals surface area contributed by atoms with Gasteiger partial charge in [0.1, 0.15) is 11.5 Å². The van der Waals surface area contributed by atoms with Crippen LogP contribution >= 0.6 is 0 Å². The molecule has 2 aromatic rings. The van der Waals surface area contributed by atoms with Gasteiger partial charge in [0.15, 0.2) is 11.5 Å². The van der Waals surface area contributed by atoms with Crippen molar-refractivity contribution in [2.24, 2.45) is 0 Å². The topological polar surface area (TPSA) is 145 Å². The highest BCUT2D eigenvalue weighted by atomic mass is 32.3. The second-order valence-electron chi connectivity index (χ2n) is 6.22. The van der Waals surface area contributed by atoms with Gasteiger partial charge in [-0.2, -0.15) is 8.42 Å². The van der Waals surface area contributed by atoms with Gasteiger partial charge in [-0.1, -0.05) is 23.8 Å². The van der Waals surface area contributed by atoms with Crippen LogP contribution in [0.15, 0.2) is 35.9 Å². The van der Waals surface area contributed by atoms with Crippen LogP contribution in [0.2, 0.25) is 0 Å². The third kappa shape index (κ3) is 5.41. The number of hydrogen-bond donors (Lipinski definition) is 5. The lowest BCUT2D eigenvalue weighted by molar-refractivity contribution is 0.353. The van der Waals surface area contributed by atoms with Crippen molar-refractivity contribution in [3.63, 3.8) is 0 Å². The number of aromatic hydroxyl groups is 4. The number of allylic oxidation sites excluding steroid dienone is 2. The fraction of sp³-hybridized carbons (Fsp3) is 0.158. The number of hydrogen-bond acceptors (Lipinski definition) is 7. The second-order valence-corrected chi connectivity index (χ2v) is 7.24. The Morgan fingerprint density at radius 3 is 2.14 bits per heavy atom. The van der Waals surface area contributed by atoms with Gasteiger partial charge >= 0.3 is 10.4 Å².